The lowest BCUT2D eigenvalue weighted by Gasteiger charge is -2.13. The van der Waals surface area contributed by atoms with Crippen molar-refractivity contribution in [3.63, 3.8) is 0 Å². The van der Waals surface area contributed by atoms with Crippen molar-refractivity contribution in [2.45, 2.75) is 20.0 Å². The molecule has 3 N–H and O–H groups in total. The van der Waals surface area contributed by atoms with Crippen LogP contribution in [0.5, 0.6) is 0 Å². The van der Waals surface area contributed by atoms with Crippen LogP contribution in [0.25, 0.3) is 0 Å². The Morgan fingerprint density at radius 2 is 1.86 bits per heavy atom. The molecule has 0 aromatic heterocycles. The first-order valence-corrected chi connectivity index (χ1v) is 9.94. The van der Waals surface area contributed by atoms with E-state index in [-0.39, 0.29) is 21.1 Å². The molecule has 1 unspecified atom stereocenters. The van der Waals surface area contributed by atoms with Gasteiger partial charge in [-0.05, 0) is 50.2 Å². The monoisotopic (exact) mass is 480 g/mol. The van der Waals surface area contributed by atoms with Crippen molar-refractivity contribution in [3.05, 3.63) is 52.5 Å². The maximum Gasteiger partial charge on any atom is 0.416 e. The molecule has 1 atom stereocenters. The van der Waals surface area contributed by atoms with E-state index < -0.39 is 17.8 Å². The number of carbonyl (C=O) groups excluding carboxylic acids is 1. The summed E-state index contributed by atoms with van der Waals surface area (Å²) in [6.07, 6.45) is -4.47. The molecule has 0 saturated carbocycles. The molecule has 2 rings (SSSR count). The molecule has 0 radical (unpaired) electrons. The molecule has 28 heavy (non-hydrogen) atoms. The largest absolute Gasteiger partial charge is 0.416 e. The van der Waals surface area contributed by atoms with Gasteiger partial charge in [0.2, 0.25) is 0 Å². The van der Waals surface area contributed by atoms with Gasteiger partial charge in [-0.1, -0.05) is 22.0 Å². The van der Waals surface area contributed by atoms with Crippen molar-refractivity contribution in [2.24, 2.45) is 0 Å². The van der Waals surface area contributed by atoms with Crippen molar-refractivity contribution in [1.29, 1.82) is 0 Å². The van der Waals surface area contributed by atoms with Crippen LogP contribution in [-0.2, 0) is 10.7 Å². The molecule has 0 aliphatic heterocycles. The number of nitrogens with one attached hydrogen (secondary N) is 2. The number of halogens is 4. The summed E-state index contributed by atoms with van der Waals surface area (Å²) in [5.41, 5.74) is -0.245. The summed E-state index contributed by atoms with van der Waals surface area (Å²) >= 11 is 3.35. The number of amides is 2. The lowest BCUT2D eigenvalue weighted by atomic mass is 10.2. The van der Waals surface area contributed by atoms with Crippen molar-refractivity contribution in [2.75, 3.05) is 23.8 Å². The Bertz CT molecular complexity index is 776. The molecule has 0 fully saturated rings. The van der Waals surface area contributed by atoms with Gasteiger partial charge in [-0.2, -0.15) is 13.2 Å². The Morgan fingerprint density at radius 3 is 2.46 bits per heavy atom. The van der Waals surface area contributed by atoms with Crippen LogP contribution < -0.4 is 15.9 Å². The topological polar surface area (TPSA) is 70.6 Å². The molecule has 0 aliphatic rings. The summed E-state index contributed by atoms with van der Waals surface area (Å²) in [7, 11) is 0.0363. The molecule has 10 heteroatoms. The van der Waals surface area contributed by atoms with Crippen LogP contribution in [0.4, 0.5) is 29.3 Å². The fraction of sp³-hybridized carbons (Fsp3) is 0.278. The van der Waals surface area contributed by atoms with E-state index in [1.54, 1.807) is 19.1 Å². The van der Waals surface area contributed by atoms with Crippen LogP contribution in [-0.4, -0.2) is 24.4 Å². The number of aliphatic hydroxyl groups excluding tert-OH is 1. The molecule has 0 aliphatic carbocycles. The Hall–Kier alpha value is -1.67. The lowest BCUT2D eigenvalue weighted by Crippen LogP contribution is -2.22. The summed E-state index contributed by atoms with van der Waals surface area (Å²) in [5, 5.41) is 13.4. The first kappa shape index (κ1) is 24.4. The average Bonchev–Trinajstić information content (AvgIpc) is 2.62. The minimum absolute atomic E-state index is 0.0363. The highest BCUT2D eigenvalue weighted by Crippen LogP contribution is 2.30. The molecule has 2 amide bonds. The molecular formula is C18H21BrF3N2O3P. The number of anilines is 2. The Kier molecular flexibility index (Phi) is 10.5. The number of carbonyl (C=O) groups is 1. The zero-order valence-electron chi connectivity index (χ0n) is 15.2. The Morgan fingerprint density at radius 1 is 1.18 bits per heavy atom. The van der Waals surface area contributed by atoms with Crippen molar-refractivity contribution in [3.8, 4) is 0 Å². The van der Waals surface area contributed by atoms with Gasteiger partial charge in [0.25, 0.3) is 0 Å². The SMILES string of the molecule is CCO.CCOPc1cc(Br)ccc1NC(=O)Nc1cccc(C(F)(F)F)c1. The van der Waals surface area contributed by atoms with Crippen LogP contribution in [0.3, 0.4) is 0 Å². The zero-order valence-corrected chi connectivity index (χ0v) is 17.8. The maximum absolute atomic E-state index is 12.7. The predicted molar refractivity (Wildman–Crippen MR) is 111 cm³/mol. The maximum atomic E-state index is 12.7. The third kappa shape index (κ3) is 8.56. The molecule has 2 aromatic carbocycles. The van der Waals surface area contributed by atoms with E-state index in [1.807, 2.05) is 13.0 Å². The third-order valence-electron chi connectivity index (χ3n) is 3.00. The normalized spacial score (nSPS) is 11.1. The van der Waals surface area contributed by atoms with Gasteiger partial charge < -0.3 is 20.3 Å². The van der Waals surface area contributed by atoms with Crippen molar-refractivity contribution in [1.82, 2.24) is 0 Å². The number of rotatable bonds is 5. The second kappa shape index (κ2) is 12.0. The molecule has 154 valence electrons. The molecule has 0 heterocycles. The van der Waals surface area contributed by atoms with Crippen LogP contribution in [0.1, 0.15) is 19.4 Å². The fourth-order valence-electron chi connectivity index (χ4n) is 1.92. The number of hydrogen-bond donors (Lipinski definition) is 3. The summed E-state index contributed by atoms with van der Waals surface area (Å²) in [6.45, 7) is 4.32. The molecule has 0 bridgehead atoms. The lowest BCUT2D eigenvalue weighted by molar-refractivity contribution is -0.137. The van der Waals surface area contributed by atoms with E-state index >= 15 is 0 Å². The van der Waals surface area contributed by atoms with Crippen LogP contribution in [0, 0.1) is 0 Å². The van der Waals surface area contributed by atoms with Crippen molar-refractivity contribution < 1.29 is 27.6 Å². The smallest absolute Gasteiger partial charge is 0.397 e. The number of aliphatic hydroxyl groups is 1. The van der Waals surface area contributed by atoms with Crippen LogP contribution in [0.2, 0.25) is 0 Å². The van der Waals surface area contributed by atoms with Crippen LogP contribution in [0.15, 0.2) is 46.9 Å². The molecule has 0 saturated heterocycles. The molecular weight excluding hydrogens is 460 g/mol. The quantitative estimate of drug-likeness (QED) is 0.504. The zero-order chi connectivity index (χ0) is 21.2. The predicted octanol–water partition coefficient (Wildman–Crippen LogP) is 5.37. The number of alkyl halides is 3. The van der Waals surface area contributed by atoms with Gasteiger partial charge in [0.1, 0.15) is 0 Å². The number of hydrogen-bond acceptors (Lipinski definition) is 3. The molecule has 5 nitrogen and oxygen atoms in total. The summed E-state index contributed by atoms with van der Waals surface area (Å²) in [6, 6.07) is 9.07. The highest BCUT2D eigenvalue weighted by atomic mass is 79.9. The summed E-state index contributed by atoms with van der Waals surface area (Å²) < 4.78 is 44.4. The van der Waals surface area contributed by atoms with Gasteiger partial charge in [0.05, 0.1) is 11.3 Å². The van der Waals surface area contributed by atoms with Crippen LogP contribution >= 0.6 is 24.7 Å². The Labute approximate surface area is 171 Å². The van der Waals surface area contributed by atoms with E-state index in [9.17, 15) is 18.0 Å². The van der Waals surface area contributed by atoms with Crippen molar-refractivity contribution >= 4 is 47.4 Å². The average molecular weight is 481 g/mol. The van der Waals surface area contributed by atoms with Gasteiger partial charge in [-0.15, -0.1) is 0 Å². The first-order chi connectivity index (χ1) is 13.2. The van der Waals surface area contributed by atoms with Gasteiger partial charge >= 0.3 is 12.2 Å². The van der Waals surface area contributed by atoms with E-state index in [1.165, 1.54) is 12.1 Å². The first-order valence-electron chi connectivity index (χ1n) is 8.24. The standard InChI is InChI=1S/C16H15BrF3N2O2P.C2H6O/c1-2-24-25-14-9-11(17)6-7-13(14)22-15(23)21-12-5-3-4-10(8-12)16(18,19)20;1-2-3/h3-9,25H,2H2,1H3,(H2,21,22,23);3H,2H2,1H3. The second-order valence-corrected chi connectivity index (χ2v) is 7.15. The van der Waals surface area contributed by atoms with E-state index in [0.717, 1.165) is 21.9 Å². The number of urea groups is 1. The summed E-state index contributed by atoms with van der Waals surface area (Å²) in [4.78, 5) is 12.1. The highest BCUT2D eigenvalue weighted by Gasteiger charge is 2.30. The highest BCUT2D eigenvalue weighted by molar-refractivity contribution is 9.10. The van der Waals surface area contributed by atoms with E-state index in [4.69, 9.17) is 9.63 Å². The summed E-state index contributed by atoms with van der Waals surface area (Å²) in [5.74, 6) is 0. The minimum atomic E-state index is -4.47. The van der Waals surface area contributed by atoms with E-state index in [0.29, 0.717) is 12.3 Å². The minimum Gasteiger partial charge on any atom is -0.397 e. The third-order valence-corrected chi connectivity index (χ3v) is 4.56. The van der Waals surface area contributed by atoms with Gasteiger partial charge in [0, 0.05) is 37.5 Å². The molecule has 0 spiro atoms. The van der Waals surface area contributed by atoms with Gasteiger partial charge in [-0.3, -0.25) is 0 Å². The Balaban J connectivity index is 0.00000122. The molecule has 2 aromatic rings. The van der Waals surface area contributed by atoms with Gasteiger partial charge in [0.15, 0.2) is 0 Å². The fourth-order valence-corrected chi connectivity index (χ4v) is 3.26. The number of benzene rings is 2. The second-order valence-electron chi connectivity index (χ2n) is 5.20. The van der Waals surface area contributed by atoms with Gasteiger partial charge in [-0.25, -0.2) is 4.79 Å². The van der Waals surface area contributed by atoms with E-state index in [2.05, 4.69) is 26.6 Å².